The maximum absolute atomic E-state index is 13.1. The third-order valence-electron chi connectivity index (χ3n) is 6.74. The standard InChI is InChI=1S/C26H33N5O3/c1-15(2)13-28-23-10-17(4-8-22(23)25(27)33)26(34)30-19-11-20-6-7-21(12-19)31(20)24-9-5-18(14-29-24)16(3)32/h4-5,8-10,14-15,19-21,28H,6-7,11-13H2,1-3H3,(H2,27,33)(H,30,34)/t19-,20+,21-. The SMILES string of the molecule is CC(=O)c1ccc(N2[C@@H]3CC[C@H]2C[C@@H](NC(=O)c2ccc(C(N)=O)c(NCC(C)C)c2)C3)nc1. The molecule has 0 spiro atoms. The highest BCUT2D eigenvalue weighted by molar-refractivity contribution is 6.02. The lowest BCUT2D eigenvalue weighted by atomic mass is 9.96. The molecular weight excluding hydrogens is 430 g/mol. The number of benzene rings is 1. The first kappa shape index (κ1) is 23.7. The van der Waals surface area contributed by atoms with E-state index in [0.29, 0.717) is 46.9 Å². The van der Waals surface area contributed by atoms with Gasteiger partial charge in [-0.1, -0.05) is 13.8 Å². The van der Waals surface area contributed by atoms with Crippen LogP contribution in [0.15, 0.2) is 36.5 Å². The Kier molecular flexibility index (Phi) is 6.86. The number of pyridine rings is 1. The fourth-order valence-corrected chi connectivity index (χ4v) is 5.05. The summed E-state index contributed by atoms with van der Waals surface area (Å²) in [4.78, 5) is 43.3. The second kappa shape index (κ2) is 9.83. The number of aromatic nitrogens is 1. The second-order valence-electron chi connectivity index (χ2n) is 9.79. The monoisotopic (exact) mass is 463 g/mol. The van der Waals surface area contributed by atoms with Gasteiger partial charge in [0.15, 0.2) is 5.78 Å². The van der Waals surface area contributed by atoms with Crippen LogP contribution < -0.4 is 21.3 Å². The Bertz CT molecular complexity index is 1070. The van der Waals surface area contributed by atoms with Gasteiger partial charge >= 0.3 is 0 Å². The molecule has 1 aromatic heterocycles. The van der Waals surface area contributed by atoms with E-state index in [1.165, 1.54) is 0 Å². The summed E-state index contributed by atoms with van der Waals surface area (Å²) in [6.07, 6.45) is 5.45. The largest absolute Gasteiger partial charge is 0.384 e. The molecular formula is C26H33N5O3. The van der Waals surface area contributed by atoms with Crippen molar-refractivity contribution in [1.82, 2.24) is 10.3 Å². The van der Waals surface area contributed by atoms with Crippen LogP contribution in [0.2, 0.25) is 0 Å². The normalized spacial score (nSPS) is 21.4. The highest BCUT2D eigenvalue weighted by Gasteiger charge is 2.41. The lowest BCUT2D eigenvalue weighted by molar-refractivity contribution is 0.0924. The van der Waals surface area contributed by atoms with E-state index >= 15 is 0 Å². The van der Waals surface area contributed by atoms with Gasteiger partial charge in [-0.3, -0.25) is 14.4 Å². The van der Waals surface area contributed by atoms with Gasteiger partial charge in [0.2, 0.25) is 0 Å². The Morgan fingerprint density at radius 3 is 2.32 bits per heavy atom. The summed E-state index contributed by atoms with van der Waals surface area (Å²) < 4.78 is 0. The molecule has 2 fully saturated rings. The summed E-state index contributed by atoms with van der Waals surface area (Å²) in [7, 11) is 0. The van der Waals surface area contributed by atoms with E-state index in [-0.39, 0.29) is 17.7 Å². The molecule has 4 N–H and O–H groups in total. The third-order valence-corrected chi connectivity index (χ3v) is 6.74. The van der Waals surface area contributed by atoms with Gasteiger partial charge in [0.05, 0.1) is 5.56 Å². The first-order valence-corrected chi connectivity index (χ1v) is 12.0. The maximum Gasteiger partial charge on any atom is 0.251 e. The molecule has 4 rings (SSSR count). The van der Waals surface area contributed by atoms with Crippen LogP contribution in [-0.2, 0) is 0 Å². The van der Waals surface area contributed by atoms with E-state index in [1.807, 2.05) is 12.1 Å². The Hall–Kier alpha value is -3.42. The van der Waals surface area contributed by atoms with E-state index in [4.69, 9.17) is 5.73 Å². The minimum Gasteiger partial charge on any atom is -0.384 e. The Labute approximate surface area is 200 Å². The molecule has 0 saturated carbocycles. The summed E-state index contributed by atoms with van der Waals surface area (Å²) in [5.41, 5.74) is 7.60. The number of Topliss-reactive ketones (excluding diaryl/α,β-unsaturated/α-hetero) is 1. The van der Waals surface area contributed by atoms with Crippen LogP contribution >= 0.6 is 0 Å². The van der Waals surface area contributed by atoms with Gasteiger partial charge in [0.25, 0.3) is 11.8 Å². The van der Waals surface area contributed by atoms with Gasteiger partial charge in [-0.15, -0.1) is 0 Å². The number of amides is 2. The molecule has 0 unspecified atom stereocenters. The number of rotatable bonds is 8. The van der Waals surface area contributed by atoms with Crippen LogP contribution in [-0.4, -0.2) is 47.3 Å². The number of hydrogen-bond donors (Lipinski definition) is 3. The zero-order chi connectivity index (χ0) is 24.4. The third kappa shape index (κ3) is 5.05. The molecule has 2 aliphatic heterocycles. The van der Waals surface area contributed by atoms with Crippen molar-refractivity contribution in [3.63, 3.8) is 0 Å². The van der Waals surface area contributed by atoms with Crippen molar-refractivity contribution in [2.75, 3.05) is 16.8 Å². The second-order valence-corrected chi connectivity index (χ2v) is 9.79. The molecule has 8 nitrogen and oxygen atoms in total. The number of piperidine rings is 1. The fraction of sp³-hybridized carbons (Fsp3) is 0.462. The molecule has 2 aliphatic rings. The van der Waals surface area contributed by atoms with Crippen molar-refractivity contribution in [1.29, 1.82) is 0 Å². The Morgan fingerprint density at radius 1 is 1.09 bits per heavy atom. The van der Waals surface area contributed by atoms with Gasteiger partial charge in [-0.2, -0.15) is 0 Å². The summed E-state index contributed by atoms with van der Waals surface area (Å²) >= 11 is 0. The number of ketones is 1. The van der Waals surface area contributed by atoms with Gasteiger partial charge in [0.1, 0.15) is 5.82 Å². The molecule has 8 heteroatoms. The van der Waals surface area contributed by atoms with E-state index < -0.39 is 5.91 Å². The molecule has 1 aromatic carbocycles. The summed E-state index contributed by atoms with van der Waals surface area (Å²) in [6.45, 7) is 6.36. The van der Waals surface area contributed by atoms with Gasteiger partial charge in [0, 0.05) is 47.7 Å². The van der Waals surface area contributed by atoms with Crippen LogP contribution in [0.5, 0.6) is 0 Å². The predicted molar refractivity (Wildman–Crippen MR) is 132 cm³/mol. The van der Waals surface area contributed by atoms with E-state index in [0.717, 1.165) is 31.5 Å². The lowest BCUT2D eigenvalue weighted by Gasteiger charge is -2.40. The number of nitrogens with two attached hydrogens (primary N) is 1. The minimum absolute atomic E-state index is 0.00914. The van der Waals surface area contributed by atoms with Crippen molar-refractivity contribution in [2.24, 2.45) is 11.7 Å². The van der Waals surface area contributed by atoms with E-state index in [9.17, 15) is 14.4 Å². The van der Waals surface area contributed by atoms with Crippen LogP contribution in [0.1, 0.15) is 77.5 Å². The minimum atomic E-state index is -0.521. The van der Waals surface area contributed by atoms with Gasteiger partial charge in [-0.25, -0.2) is 4.98 Å². The van der Waals surface area contributed by atoms with Crippen LogP contribution in [0.25, 0.3) is 0 Å². The summed E-state index contributed by atoms with van der Waals surface area (Å²) in [5.74, 6) is 0.615. The maximum atomic E-state index is 13.1. The van der Waals surface area contributed by atoms with Crippen molar-refractivity contribution < 1.29 is 14.4 Å². The zero-order valence-corrected chi connectivity index (χ0v) is 20.0. The number of fused-ring (bicyclic) bond motifs is 2. The number of carbonyl (C=O) groups is 3. The molecule has 2 aromatic rings. The van der Waals surface area contributed by atoms with Crippen molar-refractivity contribution >= 4 is 29.1 Å². The average molecular weight is 464 g/mol. The first-order chi connectivity index (χ1) is 16.2. The van der Waals surface area contributed by atoms with Crippen molar-refractivity contribution in [2.45, 2.75) is 64.6 Å². The quantitative estimate of drug-likeness (QED) is 0.517. The molecule has 3 heterocycles. The zero-order valence-electron chi connectivity index (χ0n) is 20.0. The fourth-order valence-electron chi connectivity index (χ4n) is 5.05. The lowest BCUT2D eigenvalue weighted by Crippen LogP contribution is -2.50. The molecule has 3 atom stereocenters. The molecule has 2 saturated heterocycles. The highest BCUT2D eigenvalue weighted by atomic mass is 16.2. The number of anilines is 2. The van der Waals surface area contributed by atoms with E-state index in [2.05, 4.69) is 34.4 Å². The molecule has 2 bridgehead atoms. The van der Waals surface area contributed by atoms with Crippen molar-refractivity contribution in [3.8, 4) is 0 Å². The Morgan fingerprint density at radius 2 is 1.76 bits per heavy atom. The number of nitrogens with one attached hydrogen (secondary N) is 2. The molecule has 180 valence electrons. The van der Waals surface area contributed by atoms with E-state index in [1.54, 1.807) is 31.3 Å². The number of carbonyl (C=O) groups excluding carboxylic acids is 3. The molecule has 2 amide bonds. The van der Waals surface area contributed by atoms with Gasteiger partial charge < -0.3 is 21.3 Å². The van der Waals surface area contributed by atoms with Gasteiger partial charge in [-0.05, 0) is 68.9 Å². The number of nitrogens with zero attached hydrogens (tertiary/aromatic N) is 2. The molecule has 34 heavy (non-hydrogen) atoms. The highest BCUT2D eigenvalue weighted by Crippen LogP contribution is 2.38. The number of primary amides is 1. The van der Waals surface area contributed by atoms with Crippen LogP contribution in [0.4, 0.5) is 11.5 Å². The smallest absolute Gasteiger partial charge is 0.251 e. The van der Waals surface area contributed by atoms with Crippen LogP contribution in [0, 0.1) is 5.92 Å². The predicted octanol–water partition coefficient (Wildman–Crippen LogP) is 3.38. The topological polar surface area (TPSA) is 117 Å². The van der Waals surface area contributed by atoms with Crippen LogP contribution in [0.3, 0.4) is 0 Å². The Balaban J connectivity index is 1.43. The average Bonchev–Trinajstić information content (AvgIpc) is 3.07. The number of hydrogen-bond acceptors (Lipinski definition) is 6. The van der Waals surface area contributed by atoms with Crippen molar-refractivity contribution in [3.05, 3.63) is 53.2 Å². The summed E-state index contributed by atoms with van der Waals surface area (Å²) in [6, 6.07) is 9.41. The first-order valence-electron chi connectivity index (χ1n) is 12.0. The molecule has 0 aliphatic carbocycles. The summed E-state index contributed by atoms with van der Waals surface area (Å²) in [5, 5.41) is 6.43. The molecule has 0 radical (unpaired) electrons.